The first-order chi connectivity index (χ1) is 8.70. The number of pyridine rings is 1. The van der Waals surface area contributed by atoms with Gasteiger partial charge in [-0.15, -0.1) is 0 Å². The third kappa shape index (κ3) is 2.64. The molecule has 88 valence electrons. The third-order valence-electron chi connectivity index (χ3n) is 2.17. The van der Waals surface area contributed by atoms with Gasteiger partial charge in [-0.25, -0.2) is 0 Å². The van der Waals surface area contributed by atoms with E-state index in [1.54, 1.807) is 18.5 Å². The quantitative estimate of drug-likeness (QED) is 0.623. The molecule has 6 heteroatoms. The molecule has 2 aromatic rings. The average molecular weight is 257 g/mol. The zero-order chi connectivity index (χ0) is 13.0. The molecule has 0 spiro atoms. The number of aromatic nitrogens is 1. The first-order valence-corrected chi connectivity index (χ1v) is 5.79. The number of benzene rings is 1. The molecule has 0 saturated carbocycles. The van der Waals surface area contributed by atoms with Crippen LogP contribution >= 0.6 is 11.8 Å². The van der Waals surface area contributed by atoms with Crippen LogP contribution in [0.4, 0.5) is 5.69 Å². The molecular weight excluding hydrogens is 250 g/mol. The van der Waals surface area contributed by atoms with E-state index < -0.39 is 4.92 Å². The van der Waals surface area contributed by atoms with Crippen LogP contribution in [0.25, 0.3) is 0 Å². The summed E-state index contributed by atoms with van der Waals surface area (Å²) in [5.74, 6) is 0. The molecule has 0 bridgehead atoms. The third-order valence-corrected chi connectivity index (χ3v) is 3.26. The van der Waals surface area contributed by atoms with E-state index in [2.05, 4.69) is 4.98 Å². The Morgan fingerprint density at radius 2 is 2.00 bits per heavy atom. The lowest BCUT2D eigenvalue weighted by atomic mass is 10.2. The van der Waals surface area contributed by atoms with Crippen LogP contribution in [0.5, 0.6) is 0 Å². The van der Waals surface area contributed by atoms with Crippen molar-refractivity contribution < 1.29 is 4.92 Å². The van der Waals surface area contributed by atoms with Gasteiger partial charge in [-0.3, -0.25) is 15.1 Å². The zero-order valence-electron chi connectivity index (χ0n) is 9.11. The second-order valence-corrected chi connectivity index (χ2v) is 4.45. The fraction of sp³-hybridized carbons (Fsp3) is 0. The van der Waals surface area contributed by atoms with Crippen molar-refractivity contribution in [3.05, 3.63) is 58.4 Å². The van der Waals surface area contributed by atoms with E-state index in [0.29, 0.717) is 10.5 Å². The molecule has 0 fully saturated rings. The van der Waals surface area contributed by atoms with Crippen molar-refractivity contribution >= 4 is 17.4 Å². The van der Waals surface area contributed by atoms with Gasteiger partial charge < -0.3 is 0 Å². The van der Waals surface area contributed by atoms with Crippen LogP contribution in [0.1, 0.15) is 5.56 Å². The molecule has 0 aliphatic heterocycles. The Morgan fingerprint density at radius 3 is 2.61 bits per heavy atom. The smallest absolute Gasteiger partial charge is 0.265 e. The normalized spacial score (nSPS) is 9.72. The van der Waals surface area contributed by atoms with Crippen LogP contribution in [0, 0.1) is 21.4 Å². The molecule has 0 atom stereocenters. The Bertz CT molecular complexity index is 623. The van der Waals surface area contributed by atoms with E-state index in [1.807, 2.05) is 18.2 Å². The van der Waals surface area contributed by atoms with E-state index in [0.717, 1.165) is 4.90 Å². The Labute approximate surface area is 107 Å². The summed E-state index contributed by atoms with van der Waals surface area (Å²) in [4.78, 5) is 15.6. The molecule has 0 unspecified atom stereocenters. The Kier molecular flexibility index (Phi) is 3.55. The largest absolute Gasteiger partial charge is 0.270 e. The lowest BCUT2D eigenvalue weighted by molar-refractivity contribution is -0.384. The second kappa shape index (κ2) is 5.29. The van der Waals surface area contributed by atoms with Gasteiger partial charge in [0.25, 0.3) is 5.69 Å². The number of nitro benzene ring substituents is 1. The molecule has 18 heavy (non-hydrogen) atoms. The average Bonchev–Trinajstić information content (AvgIpc) is 2.40. The van der Waals surface area contributed by atoms with Gasteiger partial charge in [0.2, 0.25) is 0 Å². The number of hydrogen-bond donors (Lipinski definition) is 0. The predicted molar refractivity (Wildman–Crippen MR) is 66.2 cm³/mol. The van der Waals surface area contributed by atoms with E-state index in [1.165, 1.54) is 23.9 Å². The summed E-state index contributed by atoms with van der Waals surface area (Å²) in [5, 5.41) is 19.6. The van der Waals surface area contributed by atoms with Crippen LogP contribution in [-0.4, -0.2) is 9.91 Å². The van der Waals surface area contributed by atoms with Gasteiger partial charge in [-0.1, -0.05) is 11.8 Å². The number of rotatable bonds is 3. The van der Waals surface area contributed by atoms with Crippen molar-refractivity contribution in [2.45, 2.75) is 9.79 Å². The Morgan fingerprint density at radius 1 is 1.28 bits per heavy atom. The summed E-state index contributed by atoms with van der Waals surface area (Å²) >= 11 is 1.37. The molecule has 0 aliphatic carbocycles. The van der Waals surface area contributed by atoms with Gasteiger partial charge >= 0.3 is 0 Å². The lowest BCUT2D eigenvalue weighted by Gasteiger charge is -2.03. The Balaban J connectivity index is 2.35. The van der Waals surface area contributed by atoms with Gasteiger partial charge in [-0.2, -0.15) is 5.26 Å². The molecule has 0 N–H and O–H groups in total. The first kappa shape index (κ1) is 12.1. The molecule has 1 heterocycles. The molecule has 0 radical (unpaired) electrons. The van der Waals surface area contributed by atoms with E-state index in [9.17, 15) is 10.1 Å². The molecular formula is C12H7N3O2S. The van der Waals surface area contributed by atoms with E-state index in [4.69, 9.17) is 5.26 Å². The van der Waals surface area contributed by atoms with Crippen molar-refractivity contribution in [2.24, 2.45) is 0 Å². The van der Waals surface area contributed by atoms with E-state index >= 15 is 0 Å². The number of hydrogen-bond acceptors (Lipinski definition) is 5. The molecule has 0 aliphatic rings. The molecule has 0 saturated heterocycles. The fourth-order valence-electron chi connectivity index (χ4n) is 1.34. The maximum atomic E-state index is 10.6. The summed E-state index contributed by atoms with van der Waals surface area (Å²) in [6.07, 6.45) is 3.31. The molecule has 1 aromatic carbocycles. The molecule has 1 aromatic heterocycles. The lowest BCUT2D eigenvalue weighted by Crippen LogP contribution is -1.90. The van der Waals surface area contributed by atoms with E-state index in [-0.39, 0.29) is 5.69 Å². The van der Waals surface area contributed by atoms with Crippen LogP contribution in [0.3, 0.4) is 0 Å². The SMILES string of the molecule is N#Cc1cc([N+](=O)[O-])ccc1Sc1ccncc1. The minimum atomic E-state index is -0.512. The van der Waals surface area contributed by atoms with Crippen LogP contribution in [0.2, 0.25) is 0 Å². The van der Waals surface area contributed by atoms with Crippen LogP contribution < -0.4 is 0 Å². The van der Waals surface area contributed by atoms with Crippen molar-refractivity contribution in [1.82, 2.24) is 4.98 Å². The van der Waals surface area contributed by atoms with Gasteiger partial charge in [0.1, 0.15) is 6.07 Å². The summed E-state index contributed by atoms with van der Waals surface area (Å²) in [5.41, 5.74) is 0.219. The first-order valence-electron chi connectivity index (χ1n) is 4.97. The fourth-order valence-corrected chi connectivity index (χ4v) is 2.20. The van der Waals surface area contributed by atoms with Gasteiger partial charge in [0.15, 0.2) is 0 Å². The number of non-ortho nitro benzene ring substituents is 1. The highest BCUT2D eigenvalue weighted by atomic mass is 32.2. The highest BCUT2D eigenvalue weighted by Gasteiger charge is 2.11. The predicted octanol–water partition coefficient (Wildman–Crippen LogP) is 3.01. The highest BCUT2D eigenvalue weighted by Crippen LogP contribution is 2.31. The summed E-state index contributed by atoms with van der Waals surface area (Å²) in [6.45, 7) is 0. The van der Waals surface area contributed by atoms with Crippen LogP contribution in [0.15, 0.2) is 52.5 Å². The molecule has 2 rings (SSSR count). The standard InChI is InChI=1S/C12H7N3O2S/c13-8-9-7-10(15(16)17)1-2-12(9)18-11-3-5-14-6-4-11/h1-7H. The maximum Gasteiger partial charge on any atom is 0.270 e. The Hall–Kier alpha value is -2.39. The minimum absolute atomic E-state index is 0.0781. The number of nitrogens with zero attached hydrogens (tertiary/aromatic N) is 3. The zero-order valence-corrected chi connectivity index (χ0v) is 9.92. The summed E-state index contributed by atoms with van der Waals surface area (Å²) < 4.78 is 0. The van der Waals surface area contributed by atoms with Crippen molar-refractivity contribution in [1.29, 1.82) is 5.26 Å². The second-order valence-electron chi connectivity index (χ2n) is 3.33. The van der Waals surface area contributed by atoms with Crippen molar-refractivity contribution in [2.75, 3.05) is 0 Å². The monoisotopic (exact) mass is 257 g/mol. The van der Waals surface area contributed by atoms with Gasteiger partial charge in [0.05, 0.1) is 10.5 Å². The molecule has 0 amide bonds. The molecule has 5 nitrogen and oxygen atoms in total. The minimum Gasteiger partial charge on any atom is -0.265 e. The van der Waals surface area contributed by atoms with Crippen molar-refractivity contribution in [3.63, 3.8) is 0 Å². The maximum absolute atomic E-state index is 10.6. The highest BCUT2D eigenvalue weighted by molar-refractivity contribution is 7.99. The van der Waals surface area contributed by atoms with Gasteiger partial charge in [0, 0.05) is 34.3 Å². The van der Waals surface area contributed by atoms with Gasteiger partial charge in [-0.05, 0) is 18.2 Å². The number of nitro groups is 1. The summed E-state index contributed by atoms with van der Waals surface area (Å²) in [6, 6.07) is 9.86. The number of nitriles is 1. The van der Waals surface area contributed by atoms with Crippen LogP contribution in [-0.2, 0) is 0 Å². The summed E-state index contributed by atoms with van der Waals surface area (Å²) in [7, 11) is 0. The van der Waals surface area contributed by atoms with Crippen molar-refractivity contribution in [3.8, 4) is 6.07 Å². The topological polar surface area (TPSA) is 79.8 Å².